The molecule has 3 unspecified atom stereocenters. The molecule has 0 bridgehead atoms. The first-order valence-electron chi connectivity index (χ1n) is 35.0. The van der Waals surface area contributed by atoms with E-state index < -0.39 is 97.5 Å². The average Bonchev–Trinajstić information content (AvgIpc) is 3.71. The number of ether oxygens (including phenoxy) is 4. The summed E-state index contributed by atoms with van der Waals surface area (Å²) in [6, 6.07) is 0. The quantitative estimate of drug-likeness (QED) is 0.0169. The van der Waals surface area contributed by atoms with Gasteiger partial charge in [-0.3, -0.25) is 37.3 Å². The van der Waals surface area contributed by atoms with Crippen LogP contribution in [-0.2, 0) is 65.4 Å². The van der Waals surface area contributed by atoms with E-state index in [2.05, 4.69) is 58.9 Å². The molecule has 0 aromatic carbocycles. The van der Waals surface area contributed by atoms with Gasteiger partial charge < -0.3 is 33.8 Å². The monoisotopic (exact) mass is 1280 g/mol. The fourth-order valence-corrected chi connectivity index (χ4v) is 11.3. The lowest BCUT2D eigenvalue weighted by molar-refractivity contribution is -0.161. The van der Waals surface area contributed by atoms with E-state index in [4.69, 9.17) is 37.0 Å². The first-order valence-corrected chi connectivity index (χ1v) is 38.0. The van der Waals surface area contributed by atoms with Gasteiger partial charge in [-0.25, -0.2) is 9.13 Å². The van der Waals surface area contributed by atoms with Gasteiger partial charge in [0.15, 0.2) is 12.2 Å². The molecule has 17 nitrogen and oxygen atoms in total. The molecule has 0 aliphatic rings. The van der Waals surface area contributed by atoms with Crippen LogP contribution < -0.4 is 0 Å². The lowest BCUT2D eigenvalue weighted by atomic mass is 10.00. The largest absolute Gasteiger partial charge is 0.472 e. The molecule has 0 aromatic rings. The molecule has 512 valence electrons. The number of aliphatic hydroxyl groups excluding tert-OH is 1. The van der Waals surface area contributed by atoms with Crippen LogP contribution in [0.2, 0.25) is 0 Å². The van der Waals surface area contributed by atoms with Crippen LogP contribution >= 0.6 is 15.6 Å². The molecule has 0 amide bonds. The SMILES string of the molecule is CCCCCC/C=C\C=C/CCCCCCCC(=O)O[C@H](COC(=O)CCCCCCCCCCCCCCCCC)COP(=O)(O)OC[C@@H](O)COP(=O)(O)OC[C@@H](COC(=O)CCCCCCCCC)OC(=O)CCCCCCCCC(C)CC. The van der Waals surface area contributed by atoms with E-state index in [0.29, 0.717) is 25.7 Å². The van der Waals surface area contributed by atoms with Crippen molar-refractivity contribution >= 4 is 39.5 Å². The highest BCUT2D eigenvalue weighted by atomic mass is 31.2. The highest BCUT2D eigenvalue weighted by Gasteiger charge is 2.30. The van der Waals surface area contributed by atoms with E-state index in [-0.39, 0.29) is 25.7 Å². The predicted molar refractivity (Wildman–Crippen MR) is 349 cm³/mol. The number of phosphoric acid groups is 2. The smallest absolute Gasteiger partial charge is 0.462 e. The molecule has 0 aromatic heterocycles. The first kappa shape index (κ1) is 84.5. The minimum absolute atomic E-state index is 0.0854. The zero-order chi connectivity index (χ0) is 64.2. The number of unbranched alkanes of at least 4 members (excludes halogenated alkanes) is 34. The summed E-state index contributed by atoms with van der Waals surface area (Å²) in [6.45, 7) is 7.07. The van der Waals surface area contributed by atoms with Gasteiger partial charge in [0, 0.05) is 25.7 Å². The second kappa shape index (κ2) is 61.1. The summed E-state index contributed by atoms with van der Waals surface area (Å²) in [5, 5.41) is 10.5. The Morgan fingerprint density at radius 3 is 0.977 bits per heavy atom. The standard InChI is InChI=1S/C68H128O17P2/c1-6-10-13-16-19-21-23-25-27-29-31-33-36-42-47-52-66(71)79-58-63(84-67(72)53-48-43-37-34-32-30-28-26-24-22-20-17-14-11-7-2)59-82-86(74,75)80-55-62(69)56-81-87(76,77)83-60-64(57-78-65(70)51-46-41-35-18-15-12-8-3)85-68(73)54-49-44-39-38-40-45-50-61(5)9-4/h22,24,26,28,61-64,69H,6-21,23,25,27,29-60H2,1-5H3,(H,74,75)(H,76,77)/b24-22-,28-26-/t61?,62-,63-,64-/m1/s1. The van der Waals surface area contributed by atoms with Gasteiger partial charge in [-0.05, 0) is 57.3 Å². The summed E-state index contributed by atoms with van der Waals surface area (Å²) in [4.78, 5) is 72.3. The molecule has 0 heterocycles. The highest BCUT2D eigenvalue weighted by Crippen LogP contribution is 2.45. The minimum atomic E-state index is -4.96. The third-order valence-corrected chi connectivity index (χ3v) is 17.4. The number of esters is 4. The predicted octanol–water partition coefficient (Wildman–Crippen LogP) is 18.9. The maximum atomic E-state index is 13.0. The van der Waals surface area contributed by atoms with Gasteiger partial charge in [-0.1, -0.05) is 271 Å². The Morgan fingerprint density at radius 1 is 0.368 bits per heavy atom. The summed E-state index contributed by atoms with van der Waals surface area (Å²) >= 11 is 0. The van der Waals surface area contributed by atoms with Crippen LogP contribution in [0.1, 0.15) is 324 Å². The van der Waals surface area contributed by atoms with Crippen LogP contribution in [0.5, 0.6) is 0 Å². The molecular formula is C68H128O17P2. The Kier molecular flexibility index (Phi) is 59.3. The molecule has 3 N–H and O–H groups in total. The van der Waals surface area contributed by atoms with E-state index in [1.54, 1.807) is 0 Å². The normalized spacial score (nSPS) is 14.6. The van der Waals surface area contributed by atoms with Crippen molar-refractivity contribution in [2.45, 2.75) is 342 Å². The van der Waals surface area contributed by atoms with Gasteiger partial charge in [-0.15, -0.1) is 0 Å². The number of hydrogen-bond donors (Lipinski definition) is 3. The lowest BCUT2D eigenvalue weighted by Gasteiger charge is -2.21. The third kappa shape index (κ3) is 60.9. The van der Waals surface area contributed by atoms with Crippen molar-refractivity contribution in [3.8, 4) is 0 Å². The average molecular weight is 1280 g/mol. The summed E-state index contributed by atoms with van der Waals surface area (Å²) in [5.41, 5.74) is 0. The molecule has 87 heavy (non-hydrogen) atoms. The van der Waals surface area contributed by atoms with Crippen LogP contribution in [0, 0.1) is 5.92 Å². The van der Waals surface area contributed by atoms with E-state index in [1.165, 1.54) is 122 Å². The molecule has 0 spiro atoms. The van der Waals surface area contributed by atoms with E-state index in [0.717, 1.165) is 121 Å². The van der Waals surface area contributed by atoms with Crippen LogP contribution in [0.15, 0.2) is 24.3 Å². The van der Waals surface area contributed by atoms with Gasteiger partial charge in [0.05, 0.1) is 26.4 Å². The fourth-order valence-electron chi connectivity index (χ4n) is 9.72. The molecule has 0 rings (SSSR count). The molecular weight excluding hydrogens is 1150 g/mol. The van der Waals surface area contributed by atoms with Gasteiger partial charge >= 0.3 is 39.5 Å². The van der Waals surface area contributed by atoms with Crippen molar-refractivity contribution in [1.82, 2.24) is 0 Å². The van der Waals surface area contributed by atoms with Crippen molar-refractivity contribution in [2.75, 3.05) is 39.6 Å². The number of allylic oxidation sites excluding steroid dienone is 4. The number of carbonyl (C=O) groups is 4. The van der Waals surface area contributed by atoms with Gasteiger partial charge in [0.25, 0.3) is 0 Å². The second-order valence-electron chi connectivity index (χ2n) is 24.1. The zero-order valence-corrected chi connectivity index (χ0v) is 57.4. The Bertz CT molecular complexity index is 1780. The lowest BCUT2D eigenvalue weighted by Crippen LogP contribution is -2.30. The van der Waals surface area contributed by atoms with Crippen molar-refractivity contribution in [2.24, 2.45) is 5.92 Å². The Morgan fingerprint density at radius 2 is 0.644 bits per heavy atom. The summed E-state index contributed by atoms with van der Waals surface area (Å²) < 4.78 is 68.0. The summed E-state index contributed by atoms with van der Waals surface area (Å²) in [7, 11) is -9.90. The maximum Gasteiger partial charge on any atom is 0.472 e. The number of rotatable bonds is 66. The van der Waals surface area contributed by atoms with Crippen molar-refractivity contribution < 1.29 is 80.2 Å². The molecule has 19 heteroatoms. The molecule has 0 fully saturated rings. The number of phosphoric ester groups is 2. The molecule has 0 radical (unpaired) electrons. The van der Waals surface area contributed by atoms with Crippen molar-refractivity contribution in [3.05, 3.63) is 24.3 Å². The Hall–Kier alpha value is -2.46. The van der Waals surface area contributed by atoms with E-state index >= 15 is 0 Å². The molecule has 0 aliphatic carbocycles. The van der Waals surface area contributed by atoms with E-state index in [9.17, 15) is 43.2 Å². The van der Waals surface area contributed by atoms with Crippen molar-refractivity contribution in [3.63, 3.8) is 0 Å². The van der Waals surface area contributed by atoms with Gasteiger partial charge in [0.1, 0.15) is 19.3 Å². The zero-order valence-electron chi connectivity index (χ0n) is 55.6. The minimum Gasteiger partial charge on any atom is -0.462 e. The maximum absolute atomic E-state index is 13.0. The van der Waals surface area contributed by atoms with Crippen LogP contribution in [-0.4, -0.2) is 96.7 Å². The van der Waals surface area contributed by atoms with Crippen LogP contribution in [0.25, 0.3) is 0 Å². The van der Waals surface area contributed by atoms with Gasteiger partial charge in [-0.2, -0.15) is 0 Å². The number of aliphatic hydroxyl groups is 1. The Balaban J connectivity index is 5.25. The molecule has 0 saturated heterocycles. The molecule has 0 saturated carbocycles. The highest BCUT2D eigenvalue weighted by molar-refractivity contribution is 7.47. The number of hydrogen-bond acceptors (Lipinski definition) is 15. The van der Waals surface area contributed by atoms with Crippen LogP contribution in [0.3, 0.4) is 0 Å². The van der Waals surface area contributed by atoms with Crippen LogP contribution in [0.4, 0.5) is 0 Å². The van der Waals surface area contributed by atoms with Gasteiger partial charge in [0.2, 0.25) is 0 Å². The fraction of sp³-hybridized carbons (Fsp3) is 0.882. The second-order valence-corrected chi connectivity index (χ2v) is 27.0. The molecule has 0 aliphatic heterocycles. The molecule has 6 atom stereocenters. The number of carbonyl (C=O) groups excluding carboxylic acids is 4. The summed E-state index contributed by atoms with van der Waals surface area (Å²) in [5.74, 6) is -1.44. The summed E-state index contributed by atoms with van der Waals surface area (Å²) in [6.07, 6.45) is 49.6. The van der Waals surface area contributed by atoms with E-state index in [1.807, 2.05) is 0 Å². The van der Waals surface area contributed by atoms with Crippen molar-refractivity contribution in [1.29, 1.82) is 0 Å². The topological polar surface area (TPSA) is 237 Å². The first-order chi connectivity index (χ1) is 42.1. The Labute approximate surface area is 529 Å². The third-order valence-electron chi connectivity index (χ3n) is 15.5.